The number of unbranched alkanes of at least 4 members (excludes halogenated alkanes) is 9. The third kappa shape index (κ3) is 15.6. The number of methoxy groups -OCH3 is 1. The highest BCUT2D eigenvalue weighted by molar-refractivity contribution is 5.66. The third-order valence-electron chi connectivity index (χ3n) is 4.13. The predicted octanol–water partition coefficient (Wildman–Crippen LogP) is 5.57. The maximum Gasteiger partial charge on any atom is 0.303 e. The van der Waals surface area contributed by atoms with Gasteiger partial charge in [-0.1, -0.05) is 71.1 Å². The maximum absolute atomic E-state index is 10.4. The molecular weight excluding hydrogens is 264 g/mol. The molecule has 1 unspecified atom stereocenters. The lowest BCUT2D eigenvalue weighted by atomic mass is 10.0. The van der Waals surface area contributed by atoms with Crippen LogP contribution in [0, 0.1) is 0 Å². The molecule has 0 aliphatic heterocycles. The van der Waals surface area contributed by atoms with Crippen LogP contribution in [-0.4, -0.2) is 24.3 Å². The van der Waals surface area contributed by atoms with Gasteiger partial charge >= 0.3 is 5.97 Å². The Kier molecular flexibility index (Phi) is 15.4. The van der Waals surface area contributed by atoms with E-state index < -0.39 is 5.97 Å². The molecule has 0 spiro atoms. The van der Waals surface area contributed by atoms with Gasteiger partial charge in [-0.15, -0.1) is 0 Å². The summed E-state index contributed by atoms with van der Waals surface area (Å²) in [5.41, 5.74) is 0. The zero-order valence-electron chi connectivity index (χ0n) is 14.2. The number of hydrogen-bond donors (Lipinski definition) is 1. The minimum Gasteiger partial charge on any atom is -0.481 e. The highest BCUT2D eigenvalue weighted by atomic mass is 16.5. The fraction of sp³-hybridized carbons (Fsp3) is 0.944. The number of carbonyl (C=O) groups is 1. The predicted molar refractivity (Wildman–Crippen MR) is 88.7 cm³/mol. The second-order valence-corrected chi connectivity index (χ2v) is 6.11. The van der Waals surface area contributed by atoms with Gasteiger partial charge in [0.05, 0.1) is 6.10 Å². The standard InChI is InChI=1S/C18H36O3/c1-3-4-5-6-8-11-14-17(21-2)15-12-9-7-10-13-16-18(19)20/h17H,3-16H2,1-2H3,(H,19,20). The van der Waals surface area contributed by atoms with Gasteiger partial charge in [0.25, 0.3) is 0 Å². The highest BCUT2D eigenvalue weighted by Crippen LogP contribution is 2.16. The topological polar surface area (TPSA) is 46.5 Å². The molecule has 3 heteroatoms. The second kappa shape index (κ2) is 15.8. The first-order valence-electron chi connectivity index (χ1n) is 8.95. The van der Waals surface area contributed by atoms with Crippen molar-refractivity contribution in [2.75, 3.05) is 7.11 Å². The number of aliphatic carboxylic acids is 1. The number of carboxylic acids is 1. The first-order chi connectivity index (χ1) is 10.2. The first kappa shape index (κ1) is 20.4. The van der Waals surface area contributed by atoms with Crippen molar-refractivity contribution < 1.29 is 14.6 Å². The summed E-state index contributed by atoms with van der Waals surface area (Å²) in [5.74, 6) is -0.673. The third-order valence-corrected chi connectivity index (χ3v) is 4.13. The van der Waals surface area contributed by atoms with E-state index in [-0.39, 0.29) is 0 Å². The molecule has 0 aromatic heterocycles. The van der Waals surface area contributed by atoms with Crippen LogP contribution in [0.2, 0.25) is 0 Å². The summed E-state index contributed by atoms with van der Waals surface area (Å²) < 4.78 is 5.56. The van der Waals surface area contributed by atoms with E-state index in [0.717, 1.165) is 25.7 Å². The average Bonchev–Trinajstić information content (AvgIpc) is 2.47. The van der Waals surface area contributed by atoms with E-state index in [4.69, 9.17) is 9.84 Å². The smallest absolute Gasteiger partial charge is 0.303 e. The van der Waals surface area contributed by atoms with Crippen LogP contribution < -0.4 is 0 Å². The Morgan fingerprint density at radius 2 is 1.33 bits per heavy atom. The van der Waals surface area contributed by atoms with Crippen LogP contribution in [0.4, 0.5) is 0 Å². The molecule has 0 radical (unpaired) electrons. The largest absolute Gasteiger partial charge is 0.481 e. The van der Waals surface area contributed by atoms with Gasteiger partial charge in [-0.25, -0.2) is 0 Å². The van der Waals surface area contributed by atoms with Gasteiger partial charge in [-0.05, 0) is 19.3 Å². The van der Waals surface area contributed by atoms with Crippen molar-refractivity contribution in [1.82, 2.24) is 0 Å². The zero-order chi connectivity index (χ0) is 15.8. The summed E-state index contributed by atoms with van der Waals surface area (Å²) in [6.45, 7) is 2.25. The summed E-state index contributed by atoms with van der Waals surface area (Å²) in [6.07, 6.45) is 16.6. The molecule has 0 bridgehead atoms. The fourth-order valence-corrected chi connectivity index (χ4v) is 2.71. The van der Waals surface area contributed by atoms with E-state index in [2.05, 4.69) is 6.92 Å². The summed E-state index contributed by atoms with van der Waals surface area (Å²) in [7, 11) is 1.83. The number of ether oxygens (including phenoxy) is 1. The number of hydrogen-bond acceptors (Lipinski definition) is 2. The molecule has 0 heterocycles. The molecule has 0 saturated heterocycles. The van der Waals surface area contributed by atoms with E-state index in [1.165, 1.54) is 57.8 Å². The Morgan fingerprint density at radius 3 is 1.81 bits per heavy atom. The lowest BCUT2D eigenvalue weighted by molar-refractivity contribution is -0.137. The molecule has 0 amide bonds. The Balaban J connectivity index is 3.34. The normalized spacial score (nSPS) is 12.5. The molecule has 0 saturated carbocycles. The van der Waals surface area contributed by atoms with Crippen molar-refractivity contribution in [1.29, 1.82) is 0 Å². The van der Waals surface area contributed by atoms with Gasteiger partial charge in [-0.2, -0.15) is 0 Å². The molecule has 0 fully saturated rings. The molecule has 0 rings (SSSR count). The van der Waals surface area contributed by atoms with Crippen LogP contribution in [0.5, 0.6) is 0 Å². The molecule has 0 aromatic carbocycles. The van der Waals surface area contributed by atoms with Crippen LogP contribution in [0.1, 0.15) is 96.8 Å². The molecule has 0 aliphatic carbocycles. The summed E-state index contributed by atoms with van der Waals surface area (Å²) >= 11 is 0. The van der Waals surface area contributed by atoms with Crippen LogP contribution >= 0.6 is 0 Å². The first-order valence-corrected chi connectivity index (χ1v) is 8.95. The zero-order valence-corrected chi connectivity index (χ0v) is 14.2. The fourth-order valence-electron chi connectivity index (χ4n) is 2.71. The van der Waals surface area contributed by atoms with Crippen molar-refractivity contribution in [2.45, 2.75) is 103 Å². The van der Waals surface area contributed by atoms with Gasteiger partial charge in [0.2, 0.25) is 0 Å². The Labute approximate surface area is 131 Å². The summed E-state index contributed by atoms with van der Waals surface area (Å²) in [6, 6.07) is 0. The summed E-state index contributed by atoms with van der Waals surface area (Å²) in [5, 5.41) is 8.55. The lowest BCUT2D eigenvalue weighted by Crippen LogP contribution is -2.10. The van der Waals surface area contributed by atoms with E-state index in [1.807, 2.05) is 7.11 Å². The monoisotopic (exact) mass is 300 g/mol. The molecule has 21 heavy (non-hydrogen) atoms. The quantitative estimate of drug-likeness (QED) is 0.379. The van der Waals surface area contributed by atoms with E-state index in [1.54, 1.807) is 0 Å². The molecule has 3 nitrogen and oxygen atoms in total. The number of carboxylic acid groups (broad SMARTS) is 1. The van der Waals surface area contributed by atoms with Crippen molar-refractivity contribution in [2.24, 2.45) is 0 Å². The average molecular weight is 300 g/mol. The van der Waals surface area contributed by atoms with Gasteiger partial charge in [0.15, 0.2) is 0 Å². The molecular formula is C18H36O3. The highest BCUT2D eigenvalue weighted by Gasteiger charge is 2.06. The molecule has 1 N–H and O–H groups in total. The summed E-state index contributed by atoms with van der Waals surface area (Å²) in [4.78, 5) is 10.4. The van der Waals surface area contributed by atoms with Crippen molar-refractivity contribution in [3.8, 4) is 0 Å². The Hall–Kier alpha value is -0.570. The molecule has 1 atom stereocenters. The maximum atomic E-state index is 10.4. The lowest BCUT2D eigenvalue weighted by Gasteiger charge is -2.15. The van der Waals surface area contributed by atoms with Crippen LogP contribution in [0.25, 0.3) is 0 Å². The van der Waals surface area contributed by atoms with Crippen LogP contribution in [0.15, 0.2) is 0 Å². The SMILES string of the molecule is CCCCCCCCC(CCCCCCCC(=O)O)OC. The molecule has 0 aromatic rings. The van der Waals surface area contributed by atoms with Crippen LogP contribution in [0.3, 0.4) is 0 Å². The second-order valence-electron chi connectivity index (χ2n) is 6.11. The van der Waals surface area contributed by atoms with Crippen molar-refractivity contribution >= 4 is 5.97 Å². The number of rotatable bonds is 16. The van der Waals surface area contributed by atoms with Gasteiger partial charge < -0.3 is 9.84 Å². The van der Waals surface area contributed by atoms with Crippen molar-refractivity contribution in [3.63, 3.8) is 0 Å². The van der Waals surface area contributed by atoms with Gasteiger partial charge in [0, 0.05) is 13.5 Å². The molecule has 0 aliphatic rings. The Bertz CT molecular complexity index is 229. The Morgan fingerprint density at radius 1 is 0.857 bits per heavy atom. The minimum absolute atomic E-state index is 0.318. The molecule has 126 valence electrons. The van der Waals surface area contributed by atoms with E-state index in [9.17, 15) is 4.79 Å². The minimum atomic E-state index is -0.673. The van der Waals surface area contributed by atoms with Gasteiger partial charge in [-0.3, -0.25) is 4.79 Å². The van der Waals surface area contributed by atoms with Crippen molar-refractivity contribution in [3.05, 3.63) is 0 Å². The van der Waals surface area contributed by atoms with E-state index in [0.29, 0.717) is 12.5 Å². The van der Waals surface area contributed by atoms with Gasteiger partial charge in [0.1, 0.15) is 0 Å². The van der Waals surface area contributed by atoms with Crippen LogP contribution in [-0.2, 0) is 9.53 Å². The van der Waals surface area contributed by atoms with E-state index >= 15 is 0 Å².